The second-order valence-electron chi connectivity index (χ2n) is 8.51. The molecule has 0 unspecified atom stereocenters. The van der Waals surface area contributed by atoms with Crippen molar-refractivity contribution >= 4 is 5.65 Å². The van der Waals surface area contributed by atoms with Crippen LogP contribution < -0.4 is 5.32 Å². The van der Waals surface area contributed by atoms with Gasteiger partial charge in [0.15, 0.2) is 5.65 Å². The number of benzene rings is 1. The molecule has 168 valence electrons. The Morgan fingerprint density at radius 1 is 1.00 bits per heavy atom. The highest BCUT2D eigenvalue weighted by Crippen LogP contribution is 2.29. The van der Waals surface area contributed by atoms with Crippen molar-refractivity contribution in [2.45, 2.75) is 39.8 Å². The van der Waals surface area contributed by atoms with Crippen LogP contribution in [0.25, 0.3) is 28.3 Å². The average Bonchev–Trinajstić information content (AvgIpc) is 3.46. The number of aromatic nitrogens is 6. The van der Waals surface area contributed by atoms with Crippen LogP contribution in [-0.4, -0.2) is 29.5 Å². The number of nitrogens with zero attached hydrogens (tertiary/aromatic N) is 5. The molecule has 0 fully saturated rings. The fourth-order valence-corrected chi connectivity index (χ4v) is 4.11. The first-order valence-electron chi connectivity index (χ1n) is 11.2. The van der Waals surface area contributed by atoms with E-state index in [0.717, 1.165) is 46.4 Å². The highest BCUT2D eigenvalue weighted by atomic mass is 15.3. The molecule has 0 saturated carbocycles. The average molecular weight is 440 g/mol. The molecule has 0 spiro atoms. The number of hydrogen-bond acceptors (Lipinski definition) is 5. The van der Waals surface area contributed by atoms with Crippen molar-refractivity contribution in [2.24, 2.45) is 0 Å². The topological polar surface area (TPSA) is 83.8 Å². The standard InChI is InChI=1S/C26H27N7.H2/c1-17(2)21-9-5-4-8-19(21)13-27-14-23-31-25(20-11-12-24-28-16-29-33(24)15-20)26(32-23)22-10-6-7-18(3)30-22;/h4-12,15-17,27H,13-14H2,1-3H3,(H,31,32);1H. The van der Waals surface area contributed by atoms with Crippen LogP contribution in [0.15, 0.2) is 67.1 Å². The van der Waals surface area contributed by atoms with Gasteiger partial charge in [0.05, 0.1) is 23.6 Å². The Balaban J connectivity index is 0.00000274. The first-order valence-corrected chi connectivity index (χ1v) is 11.2. The molecule has 4 aromatic heterocycles. The molecule has 7 nitrogen and oxygen atoms in total. The van der Waals surface area contributed by atoms with Gasteiger partial charge in [0, 0.05) is 25.4 Å². The van der Waals surface area contributed by atoms with Gasteiger partial charge in [0.1, 0.15) is 12.2 Å². The summed E-state index contributed by atoms with van der Waals surface area (Å²) in [6.45, 7) is 7.86. The van der Waals surface area contributed by atoms with Gasteiger partial charge < -0.3 is 10.3 Å². The summed E-state index contributed by atoms with van der Waals surface area (Å²) in [5.74, 6) is 1.35. The fourth-order valence-electron chi connectivity index (χ4n) is 4.11. The second kappa shape index (κ2) is 8.96. The van der Waals surface area contributed by atoms with Crippen molar-refractivity contribution in [1.29, 1.82) is 0 Å². The van der Waals surface area contributed by atoms with E-state index in [1.807, 2.05) is 43.5 Å². The number of rotatable bonds is 7. The van der Waals surface area contributed by atoms with Gasteiger partial charge in [-0.15, -0.1) is 0 Å². The number of H-pyrrole nitrogens is 1. The van der Waals surface area contributed by atoms with E-state index in [1.54, 1.807) is 10.8 Å². The molecule has 0 aliphatic rings. The van der Waals surface area contributed by atoms with Crippen molar-refractivity contribution < 1.29 is 1.43 Å². The molecule has 0 aliphatic carbocycles. The molecule has 33 heavy (non-hydrogen) atoms. The minimum atomic E-state index is 0. The summed E-state index contributed by atoms with van der Waals surface area (Å²) >= 11 is 0. The molecular formula is C26H29N7. The molecule has 0 radical (unpaired) electrons. The number of fused-ring (bicyclic) bond motifs is 1. The van der Waals surface area contributed by atoms with Crippen LogP contribution >= 0.6 is 0 Å². The van der Waals surface area contributed by atoms with Gasteiger partial charge in [-0.1, -0.05) is 44.2 Å². The Bertz CT molecular complexity index is 1400. The largest absolute Gasteiger partial charge is 0.339 e. The van der Waals surface area contributed by atoms with Crippen LogP contribution in [-0.2, 0) is 13.1 Å². The van der Waals surface area contributed by atoms with Gasteiger partial charge in [0.2, 0.25) is 0 Å². The van der Waals surface area contributed by atoms with Crippen LogP contribution in [0.4, 0.5) is 0 Å². The van der Waals surface area contributed by atoms with Gasteiger partial charge in [-0.2, -0.15) is 5.10 Å². The van der Waals surface area contributed by atoms with E-state index in [-0.39, 0.29) is 1.43 Å². The van der Waals surface area contributed by atoms with Crippen molar-refractivity contribution in [1.82, 2.24) is 34.9 Å². The third-order valence-electron chi connectivity index (χ3n) is 5.73. The predicted molar refractivity (Wildman–Crippen MR) is 132 cm³/mol. The van der Waals surface area contributed by atoms with Crippen molar-refractivity contribution in [3.05, 3.63) is 89.8 Å². The maximum atomic E-state index is 4.95. The molecule has 5 rings (SSSR count). The van der Waals surface area contributed by atoms with Gasteiger partial charge in [-0.3, -0.25) is 4.98 Å². The molecule has 4 heterocycles. The van der Waals surface area contributed by atoms with E-state index in [2.05, 4.69) is 58.5 Å². The summed E-state index contributed by atoms with van der Waals surface area (Å²) in [4.78, 5) is 17.4. The van der Waals surface area contributed by atoms with Crippen LogP contribution in [0.2, 0.25) is 0 Å². The van der Waals surface area contributed by atoms with E-state index in [1.165, 1.54) is 11.1 Å². The molecule has 5 aromatic rings. The Kier molecular flexibility index (Phi) is 5.71. The quantitative estimate of drug-likeness (QED) is 0.366. The van der Waals surface area contributed by atoms with E-state index in [4.69, 9.17) is 9.97 Å². The number of imidazole rings is 1. The third-order valence-corrected chi connectivity index (χ3v) is 5.73. The van der Waals surface area contributed by atoms with Gasteiger partial charge in [-0.05, 0) is 48.2 Å². The first kappa shape index (κ1) is 21.0. The highest BCUT2D eigenvalue weighted by molar-refractivity contribution is 5.77. The maximum Gasteiger partial charge on any atom is 0.155 e. The normalized spacial score (nSPS) is 11.5. The van der Waals surface area contributed by atoms with Gasteiger partial charge in [0.25, 0.3) is 0 Å². The number of aryl methyl sites for hydroxylation is 1. The van der Waals surface area contributed by atoms with Crippen molar-refractivity contribution in [3.63, 3.8) is 0 Å². The summed E-state index contributed by atoms with van der Waals surface area (Å²) in [5.41, 5.74) is 8.03. The zero-order chi connectivity index (χ0) is 22.8. The summed E-state index contributed by atoms with van der Waals surface area (Å²) in [6, 6.07) is 18.6. The van der Waals surface area contributed by atoms with Crippen LogP contribution in [0, 0.1) is 6.92 Å². The summed E-state index contributed by atoms with van der Waals surface area (Å²) in [5, 5.41) is 7.83. The van der Waals surface area contributed by atoms with Crippen molar-refractivity contribution in [3.8, 4) is 22.6 Å². The van der Waals surface area contributed by atoms with Crippen LogP contribution in [0.1, 0.15) is 43.8 Å². The Hall–Kier alpha value is -3.84. The molecular weight excluding hydrogens is 410 g/mol. The molecule has 2 N–H and O–H groups in total. The lowest BCUT2D eigenvalue weighted by molar-refractivity contribution is 0.660. The fraction of sp³-hybridized carbons (Fsp3) is 0.231. The molecule has 0 bridgehead atoms. The van der Waals surface area contributed by atoms with E-state index in [9.17, 15) is 0 Å². The molecule has 0 saturated heterocycles. The summed E-state index contributed by atoms with van der Waals surface area (Å²) < 4.78 is 1.76. The minimum Gasteiger partial charge on any atom is -0.339 e. The molecule has 0 aliphatic heterocycles. The zero-order valence-corrected chi connectivity index (χ0v) is 19.1. The monoisotopic (exact) mass is 439 g/mol. The Labute approximate surface area is 194 Å². The number of hydrogen-bond donors (Lipinski definition) is 2. The van der Waals surface area contributed by atoms with E-state index >= 15 is 0 Å². The lowest BCUT2D eigenvalue weighted by atomic mass is 9.97. The van der Waals surface area contributed by atoms with Gasteiger partial charge in [-0.25, -0.2) is 14.5 Å². The SMILES string of the molecule is Cc1cccc(-c2[nH]c(CNCc3ccccc3C(C)C)nc2-c2ccc3ncnn3c2)n1.[HH]. The highest BCUT2D eigenvalue weighted by Gasteiger charge is 2.16. The molecule has 1 aromatic carbocycles. The Morgan fingerprint density at radius 2 is 1.88 bits per heavy atom. The number of aromatic amines is 1. The van der Waals surface area contributed by atoms with E-state index in [0.29, 0.717) is 12.5 Å². The molecule has 0 atom stereocenters. The Morgan fingerprint density at radius 3 is 2.73 bits per heavy atom. The number of nitrogens with one attached hydrogen (secondary N) is 2. The minimum absolute atomic E-state index is 0. The van der Waals surface area contributed by atoms with Crippen LogP contribution in [0.3, 0.4) is 0 Å². The van der Waals surface area contributed by atoms with Gasteiger partial charge >= 0.3 is 0 Å². The predicted octanol–water partition coefficient (Wildman–Crippen LogP) is 5.15. The summed E-state index contributed by atoms with van der Waals surface area (Å²) in [6.07, 6.45) is 3.50. The maximum absolute atomic E-state index is 4.95. The molecule has 7 heteroatoms. The zero-order valence-electron chi connectivity index (χ0n) is 19.1. The second-order valence-corrected chi connectivity index (χ2v) is 8.51. The first-order chi connectivity index (χ1) is 16.1. The smallest absolute Gasteiger partial charge is 0.155 e. The lowest BCUT2D eigenvalue weighted by Gasteiger charge is -2.12. The van der Waals surface area contributed by atoms with E-state index < -0.39 is 0 Å². The third kappa shape index (κ3) is 4.40. The summed E-state index contributed by atoms with van der Waals surface area (Å²) in [7, 11) is 0. The molecule has 0 amide bonds. The van der Waals surface area contributed by atoms with Crippen LogP contribution in [0.5, 0.6) is 0 Å². The lowest BCUT2D eigenvalue weighted by Crippen LogP contribution is -2.15. The number of pyridine rings is 2. The van der Waals surface area contributed by atoms with Crippen molar-refractivity contribution in [2.75, 3.05) is 0 Å².